The highest BCUT2D eigenvalue weighted by Gasteiger charge is 2.20. The van der Waals surface area contributed by atoms with E-state index in [2.05, 4.69) is 23.7 Å². The molecule has 2 N–H and O–H groups in total. The minimum absolute atomic E-state index is 0.379. The van der Waals surface area contributed by atoms with Crippen molar-refractivity contribution in [3.05, 3.63) is 15.6 Å². The van der Waals surface area contributed by atoms with E-state index in [0.717, 1.165) is 26.1 Å². The van der Waals surface area contributed by atoms with Crippen LogP contribution < -0.4 is 5.73 Å². The van der Waals surface area contributed by atoms with E-state index in [1.807, 2.05) is 11.3 Å². The second-order valence-electron chi connectivity index (χ2n) is 4.03. The molecule has 1 aromatic rings. The maximum atomic E-state index is 5.87. The van der Waals surface area contributed by atoms with Gasteiger partial charge in [-0.3, -0.25) is 4.90 Å². The Morgan fingerprint density at radius 2 is 2.36 bits per heavy atom. The smallest absolute Gasteiger partial charge is 0.0900 e. The van der Waals surface area contributed by atoms with Crippen LogP contribution in [0.1, 0.15) is 22.0 Å². The van der Waals surface area contributed by atoms with Gasteiger partial charge in [0, 0.05) is 30.6 Å². The topological polar surface area (TPSA) is 42.2 Å². The maximum absolute atomic E-state index is 5.87. The molecular weight excluding hydrogens is 194 g/mol. The van der Waals surface area contributed by atoms with E-state index in [0.29, 0.717) is 6.04 Å². The zero-order valence-electron chi connectivity index (χ0n) is 8.79. The fraction of sp³-hybridized carbons (Fsp3) is 0.700. The first-order valence-corrected chi connectivity index (χ1v) is 5.87. The van der Waals surface area contributed by atoms with Crippen LogP contribution in [0.4, 0.5) is 0 Å². The molecule has 2 heterocycles. The number of hydrogen-bond donors (Lipinski definition) is 1. The SMILES string of the molecule is Cc1nc(C)c(CN2CC[C@@H](N)C2)s1. The third-order valence-corrected chi connectivity index (χ3v) is 3.73. The molecule has 0 aromatic carbocycles. The summed E-state index contributed by atoms with van der Waals surface area (Å²) in [5.74, 6) is 0. The van der Waals surface area contributed by atoms with Crippen molar-refractivity contribution in [2.24, 2.45) is 5.73 Å². The first kappa shape index (κ1) is 10.1. The predicted octanol–water partition coefficient (Wildman–Crippen LogP) is 1.29. The molecule has 0 radical (unpaired) electrons. The van der Waals surface area contributed by atoms with E-state index in [1.165, 1.54) is 15.6 Å². The van der Waals surface area contributed by atoms with E-state index in [-0.39, 0.29) is 0 Å². The van der Waals surface area contributed by atoms with Gasteiger partial charge in [-0.2, -0.15) is 0 Å². The molecule has 3 nitrogen and oxygen atoms in total. The first-order chi connectivity index (χ1) is 6.65. The number of likely N-dealkylation sites (tertiary alicyclic amines) is 1. The van der Waals surface area contributed by atoms with Crippen molar-refractivity contribution in [1.29, 1.82) is 0 Å². The van der Waals surface area contributed by atoms with Crippen molar-refractivity contribution in [2.45, 2.75) is 32.9 Å². The van der Waals surface area contributed by atoms with E-state index in [1.54, 1.807) is 0 Å². The Labute approximate surface area is 88.9 Å². The molecule has 2 rings (SSSR count). The Morgan fingerprint density at radius 3 is 2.86 bits per heavy atom. The number of aryl methyl sites for hydroxylation is 2. The van der Waals surface area contributed by atoms with Gasteiger partial charge in [0.05, 0.1) is 10.7 Å². The lowest BCUT2D eigenvalue weighted by Gasteiger charge is -2.13. The van der Waals surface area contributed by atoms with E-state index < -0.39 is 0 Å². The summed E-state index contributed by atoms with van der Waals surface area (Å²) in [6, 6.07) is 0.379. The summed E-state index contributed by atoms with van der Waals surface area (Å²) in [7, 11) is 0. The summed E-state index contributed by atoms with van der Waals surface area (Å²) in [6.45, 7) is 7.37. The molecule has 0 bridgehead atoms. The lowest BCUT2D eigenvalue weighted by Crippen LogP contribution is -2.26. The van der Waals surface area contributed by atoms with Crippen LogP contribution >= 0.6 is 11.3 Å². The van der Waals surface area contributed by atoms with Crippen molar-refractivity contribution in [3.63, 3.8) is 0 Å². The van der Waals surface area contributed by atoms with Crippen molar-refractivity contribution < 1.29 is 0 Å². The number of hydrogen-bond acceptors (Lipinski definition) is 4. The highest BCUT2D eigenvalue weighted by atomic mass is 32.1. The third kappa shape index (κ3) is 2.13. The zero-order chi connectivity index (χ0) is 10.1. The van der Waals surface area contributed by atoms with E-state index in [9.17, 15) is 0 Å². The van der Waals surface area contributed by atoms with Crippen LogP contribution in [-0.4, -0.2) is 29.0 Å². The summed E-state index contributed by atoms with van der Waals surface area (Å²) < 4.78 is 0. The molecule has 4 heteroatoms. The van der Waals surface area contributed by atoms with Crippen LogP contribution in [-0.2, 0) is 6.54 Å². The van der Waals surface area contributed by atoms with Gasteiger partial charge in [-0.1, -0.05) is 0 Å². The Balaban J connectivity index is 2.00. The summed E-state index contributed by atoms with van der Waals surface area (Å²) in [4.78, 5) is 8.25. The van der Waals surface area contributed by atoms with Crippen LogP contribution in [0.5, 0.6) is 0 Å². The second kappa shape index (κ2) is 3.96. The quantitative estimate of drug-likeness (QED) is 0.801. The normalized spacial score (nSPS) is 23.2. The maximum Gasteiger partial charge on any atom is 0.0900 e. The molecule has 1 aromatic heterocycles. The van der Waals surface area contributed by atoms with Crippen molar-refractivity contribution >= 4 is 11.3 Å². The third-order valence-electron chi connectivity index (χ3n) is 2.68. The summed E-state index contributed by atoms with van der Waals surface area (Å²) in [5, 5.41) is 1.17. The van der Waals surface area contributed by atoms with Gasteiger partial charge in [-0.25, -0.2) is 4.98 Å². The molecule has 1 fully saturated rings. The van der Waals surface area contributed by atoms with E-state index >= 15 is 0 Å². The molecular formula is C10H17N3S. The minimum Gasteiger partial charge on any atom is -0.326 e. The molecule has 78 valence electrons. The average Bonchev–Trinajstić information content (AvgIpc) is 2.61. The van der Waals surface area contributed by atoms with Crippen LogP contribution in [0.15, 0.2) is 0 Å². The first-order valence-electron chi connectivity index (χ1n) is 5.06. The van der Waals surface area contributed by atoms with Crippen LogP contribution in [0.3, 0.4) is 0 Å². The zero-order valence-corrected chi connectivity index (χ0v) is 9.60. The molecule has 1 aliphatic rings. The van der Waals surface area contributed by atoms with Crippen molar-refractivity contribution in [2.75, 3.05) is 13.1 Å². The van der Waals surface area contributed by atoms with Gasteiger partial charge < -0.3 is 5.73 Å². The number of nitrogens with zero attached hydrogens (tertiary/aromatic N) is 2. The van der Waals surface area contributed by atoms with Gasteiger partial charge in [0.1, 0.15) is 0 Å². The summed E-state index contributed by atoms with van der Waals surface area (Å²) >= 11 is 1.81. The largest absolute Gasteiger partial charge is 0.326 e. The molecule has 1 aliphatic heterocycles. The molecule has 0 saturated carbocycles. The molecule has 0 amide bonds. The molecule has 0 unspecified atom stereocenters. The Kier molecular flexibility index (Phi) is 2.85. The molecule has 1 atom stereocenters. The lowest BCUT2D eigenvalue weighted by atomic mass is 10.3. The Morgan fingerprint density at radius 1 is 1.57 bits per heavy atom. The van der Waals surface area contributed by atoms with Gasteiger partial charge in [0.15, 0.2) is 0 Å². The highest BCUT2D eigenvalue weighted by Crippen LogP contribution is 2.21. The predicted molar refractivity (Wildman–Crippen MR) is 59.5 cm³/mol. The van der Waals surface area contributed by atoms with Crippen LogP contribution in [0, 0.1) is 13.8 Å². The van der Waals surface area contributed by atoms with Gasteiger partial charge >= 0.3 is 0 Å². The highest BCUT2D eigenvalue weighted by molar-refractivity contribution is 7.11. The van der Waals surface area contributed by atoms with Crippen molar-refractivity contribution in [3.8, 4) is 0 Å². The standard InChI is InChI=1S/C10H17N3S/c1-7-10(14-8(2)12-7)6-13-4-3-9(11)5-13/h9H,3-6,11H2,1-2H3/t9-/m1/s1. The van der Waals surface area contributed by atoms with Gasteiger partial charge in [0.2, 0.25) is 0 Å². The molecule has 1 saturated heterocycles. The van der Waals surface area contributed by atoms with Gasteiger partial charge in [-0.05, 0) is 20.3 Å². The molecule has 0 spiro atoms. The van der Waals surface area contributed by atoms with Crippen molar-refractivity contribution in [1.82, 2.24) is 9.88 Å². The molecule has 14 heavy (non-hydrogen) atoms. The Bertz CT molecular complexity index is 321. The number of thiazole rings is 1. The average molecular weight is 211 g/mol. The monoisotopic (exact) mass is 211 g/mol. The van der Waals surface area contributed by atoms with E-state index in [4.69, 9.17) is 5.73 Å². The van der Waals surface area contributed by atoms with Crippen LogP contribution in [0.25, 0.3) is 0 Å². The van der Waals surface area contributed by atoms with Gasteiger partial charge in [-0.15, -0.1) is 11.3 Å². The summed E-state index contributed by atoms with van der Waals surface area (Å²) in [5.41, 5.74) is 7.06. The molecule has 0 aliphatic carbocycles. The minimum atomic E-state index is 0.379. The fourth-order valence-electron chi connectivity index (χ4n) is 1.93. The van der Waals surface area contributed by atoms with Crippen LogP contribution in [0.2, 0.25) is 0 Å². The lowest BCUT2D eigenvalue weighted by molar-refractivity contribution is 0.329. The Hall–Kier alpha value is -0.450. The second-order valence-corrected chi connectivity index (χ2v) is 5.31. The summed E-state index contributed by atoms with van der Waals surface area (Å²) in [6.07, 6.45) is 1.14. The fourth-order valence-corrected chi connectivity index (χ4v) is 2.91. The number of aromatic nitrogens is 1. The van der Waals surface area contributed by atoms with Gasteiger partial charge in [0.25, 0.3) is 0 Å². The number of rotatable bonds is 2. The number of nitrogens with two attached hydrogens (primary N) is 1.